The van der Waals surface area contributed by atoms with E-state index in [1.165, 1.54) is 12.8 Å². The van der Waals surface area contributed by atoms with Crippen LogP contribution in [0.4, 0.5) is 23.0 Å². The largest absolute Gasteiger partial charge is 0.356 e. The molecular formula is C22H22IN5O. The number of amides is 1. The lowest BCUT2D eigenvalue weighted by Gasteiger charge is -2.18. The van der Waals surface area contributed by atoms with Crippen molar-refractivity contribution in [3.63, 3.8) is 0 Å². The molecule has 6 nitrogen and oxygen atoms in total. The van der Waals surface area contributed by atoms with Crippen molar-refractivity contribution in [3.8, 4) is 0 Å². The normalized spacial score (nSPS) is 13.4. The number of nitrogens with zero attached hydrogens (tertiary/aromatic N) is 3. The number of anilines is 4. The summed E-state index contributed by atoms with van der Waals surface area (Å²) in [6, 6.07) is 17.1. The van der Waals surface area contributed by atoms with E-state index < -0.39 is 0 Å². The van der Waals surface area contributed by atoms with Crippen molar-refractivity contribution >= 4 is 51.5 Å². The van der Waals surface area contributed by atoms with Crippen molar-refractivity contribution in [1.29, 1.82) is 0 Å². The van der Waals surface area contributed by atoms with Crippen LogP contribution in [0.1, 0.15) is 29.0 Å². The Hall–Kier alpha value is -2.68. The molecule has 1 aliphatic heterocycles. The van der Waals surface area contributed by atoms with Gasteiger partial charge in [-0.3, -0.25) is 4.79 Å². The van der Waals surface area contributed by atoms with Crippen LogP contribution in [-0.4, -0.2) is 29.0 Å². The van der Waals surface area contributed by atoms with Crippen molar-refractivity contribution < 1.29 is 4.79 Å². The molecule has 0 bridgehead atoms. The van der Waals surface area contributed by atoms with Crippen molar-refractivity contribution in [2.24, 2.45) is 0 Å². The zero-order valence-corrected chi connectivity index (χ0v) is 18.3. The van der Waals surface area contributed by atoms with E-state index in [4.69, 9.17) is 0 Å². The molecule has 29 heavy (non-hydrogen) atoms. The first kappa shape index (κ1) is 19.6. The predicted octanol–water partition coefficient (Wildman–Crippen LogP) is 4.99. The van der Waals surface area contributed by atoms with Crippen LogP contribution in [0, 0.1) is 10.5 Å². The van der Waals surface area contributed by atoms with Crippen LogP contribution < -0.4 is 15.5 Å². The number of hydrogen-bond donors (Lipinski definition) is 2. The van der Waals surface area contributed by atoms with Crippen LogP contribution >= 0.6 is 22.6 Å². The number of rotatable bonds is 5. The second kappa shape index (κ2) is 8.77. The molecule has 2 aromatic carbocycles. The molecule has 1 aromatic heterocycles. The average molecular weight is 499 g/mol. The number of carbonyl (C=O) groups excluding carboxylic acids is 1. The number of aromatic nitrogens is 2. The summed E-state index contributed by atoms with van der Waals surface area (Å²) in [6.45, 7) is 4.00. The lowest BCUT2D eigenvalue weighted by atomic mass is 10.2. The van der Waals surface area contributed by atoms with Crippen LogP contribution in [0.15, 0.2) is 54.6 Å². The standard InChI is InChI=1S/C22H22IN5O/c1-15-24-20(14-21(25-15)28-12-2-3-13-28)26-18-8-10-19(11-9-18)27-22(29)16-4-6-17(23)7-5-16/h4-11,14H,2-3,12-13H2,1H3,(H,27,29)(H,24,25,26). The summed E-state index contributed by atoms with van der Waals surface area (Å²) in [6.07, 6.45) is 2.42. The van der Waals surface area contributed by atoms with Gasteiger partial charge in [-0.2, -0.15) is 0 Å². The van der Waals surface area contributed by atoms with Gasteiger partial charge in [0.25, 0.3) is 5.91 Å². The van der Waals surface area contributed by atoms with Gasteiger partial charge in [0.05, 0.1) is 0 Å². The first-order chi connectivity index (χ1) is 14.1. The fourth-order valence-corrected chi connectivity index (χ4v) is 3.67. The zero-order chi connectivity index (χ0) is 20.2. The van der Waals surface area contributed by atoms with Gasteiger partial charge in [0, 0.05) is 39.7 Å². The van der Waals surface area contributed by atoms with Crippen molar-refractivity contribution in [2.45, 2.75) is 19.8 Å². The van der Waals surface area contributed by atoms with Crippen LogP contribution in [0.5, 0.6) is 0 Å². The molecule has 0 unspecified atom stereocenters. The maximum atomic E-state index is 12.4. The Morgan fingerprint density at radius 3 is 2.31 bits per heavy atom. The molecule has 7 heteroatoms. The van der Waals surface area contributed by atoms with Gasteiger partial charge in [-0.25, -0.2) is 9.97 Å². The lowest BCUT2D eigenvalue weighted by molar-refractivity contribution is 0.102. The number of carbonyl (C=O) groups is 1. The molecule has 2 N–H and O–H groups in total. The Morgan fingerprint density at radius 1 is 0.966 bits per heavy atom. The topological polar surface area (TPSA) is 70.2 Å². The maximum absolute atomic E-state index is 12.4. The van der Waals surface area contributed by atoms with Crippen LogP contribution in [0.25, 0.3) is 0 Å². The van der Waals surface area contributed by atoms with Gasteiger partial charge < -0.3 is 15.5 Å². The minimum absolute atomic E-state index is 0.121. The summed E-state index contributed by atoms with van der Waals surface area (Å²) in [5.74, 6) is 2.37. The summed E-state index contributed by atoms with van der Waals surface area (Å²) >= 11 is 2.22. The lowest BCUT2D eigenvalue weighted by Crippen LogP contribution is -2.19. The third-order valence-electron chi connectivity index (χ3n) is 4.78. The molecule has 2 heterocycles. The van der Waals surface area contributed by atoms with E-state index in [1.807, 2.05) is 61.5 Å². The summed E-state index contributed by atoms with van der Waals surface area (Å²) in [4.78, 5) is 23.7. The van der Waals surface area contributed by atoms with Gasteiger partial charge in [-0.15, -0.1) is 0 Å². The molecule has 1 fully saturated rings. The van der Waals surface area contributed by atoms with E-state index >= 15 is 0 Å². The number of nitrogens with one attached hydrogen (secondary N) is 2. The third-order valence-corrected chi connectivity index (χ3v) is 5.50. The second-order valence-electron chi connectivity index (χ2n) is 7.02. The van der Waals surface area contributed by atoms with Gasteiger partial charge >= 0.3 is 0 Å². The van der Waals surface area contributed by atoms with Crippen LogP contribution in [0.3, 0.4) is 0 Å². The number of aryl methyl sites for hydroxylation is 1. The summed E-state index contributed by atoms with van der Waals surface area (Å²) in [5.41, 5.74) is 2.29. The molecular weight excluding hydrogens is 477 g/mol. The van der Waals surface area contributed by atoms with Gasteiger partial charge in [-0.1, -0.05) is 0 Å². The molecule has 1 amide bonds. The molecule has 3 aromatic rings. The van der Waals surface area contributed by atoms with E-state index in [0.29, 0.717) is 5.56 Å². The molecule has 1 aliphatic rings. The van der Waals surface area contributed by atoms with E-state index in [-0.39, 0.29) is 5.91 Å². The Kier molecular flexibility index (Phi) is 5.94. The van der Waals surface area contributed by atoms with Crippen molar-refractivity contribution in [3.05, 3.63) is 69.6 Å². The Balaban J connectivity index is 1.43. The van der Waals surface area contributed by atoms with Gasteiger partial charge in [0.15, 0.2) is 0 Å². The fourth-order valence-electron chi connectivity index (χ4n) is 3.31. The SMILES string of the molecule is Cc1nc(Nc2ccc(NC(=O)c3ccc(I)cc3)cc2)cc(N2CCCC2)n1. The minimum atomic E-state index is -0.121. The molecule has 0 aliphatic carbocycles. The second-order valence-corrected chi connectivity index (χ2v) is 8.26. The van der Waals surface area contributed by atoms with Gasteiger partial charge in [0.2, 0.25) is 0 Å². The molecule has 4 rings (SSSR count). The molecule has 0 atom stereocenters. The van der Waals surface area contributed by atoms with Gasteiger partial charge in [-0.05, 0) is 90.9 Å². The van der Waals surface area contributed by atoms with Crippen molar-refractivity contribution in [1.82, 2.24) is 9.97 Å². The van der Waals surface area contributed by atoms with E-state index in [0.717, 1.165) is 45.5 Å². The Labute approximate surface area is 183 Å². The van der Waals surface area contributed by atoms with E-state index in [1.54, 1.807) is 0 Å². The smallest absolute Gasteiger partial charge is 0.255 e. The highest BCUT2D eigenvalue weighted by Gasteiger charge is 2.15. The molecule has 1 saturated heterocycles. The van der Waals surface area contributed by atoms with Gasteiger partial charge in [0.1, 0.15) is 17.5 Å². The first-order valence-electron chi connectivity index (χ1n) is 9.61. The summed E-state index contributed by atoms with van der Waals surface area (Å²) < 4.78 is 1.10. The number of hydrogen-bond acceptors (Lipinski definition) is 5. The average Bonchev–Trinajstić information content (AvgIpc) is 3.24. The molecule has 0 saturated carbocycles. The van der Waals surface area contributed by atoms with Crippen molar-refractivity contribution in [2.75, 3.05) is 28.6 Å². The van der Waals surface area contributed by atoms with E-state index in [9.17, 15) is 4.79 Å². The number of benzene rings is 2. The highest BCUT2D eigenvalue weighted by Crippen LogP contribution is 2.23. The molecule has 0 spiro atoms. The summed E-state index contributed by atoms with van der Waals surface area (Å²) in [7, 11) is 0. The fraction of sp³-hybridized carbons (Fsp3) is 0.227. The molecule has 0 radical (unpaired) electrons. The minimum Gasteiger partial charge on any atom is -0.356 e. The van der Waals surface area contributed by atoms with Crippen LogP contribution in [-0.2, 0) is 0 Å². The number of halogens is 1. The summed E-state index contributed by atoms with van der Waals surface area (Å²) in [5, 5.41) is 6.26. The Morgan fingerprint density at radius 2 is 1.62 bits per heavy atom. The highest BCUT2D eigenvalue weighted by atomic mass is 127. The quantitative estimate of drug-likeness (QED) is 0.485. The van der Waals surface area contributed by atoms with E-state index in [2.05, 4.69) is 48.1 Å². The monoisotopic (exact) mass is 499 g/mol. The highest BCUT2D eigenvalue weighted by molar-refractivity contribution is 14.1. The zero-order valence-electron chi connectivity index (χ0n) is 16.2. The first-order valence-corrected chi connectivity index (χ1v) is 10.7. The Bertz CT molecular complexity index is 999. The maximum Gasteiger partial charge on any atom is 0.255 e. The third kappa shape index (κ3) is 5.03. The molecule has 148 valence electrons. The predicted molar refractivity (Wildman–Crippen MR) is 125 cm³/mol. The van der Waals surface area contributed by atoms with Crippen LogP contribution in [0.2, 0.25) is 0 Å².